The van der Waals surface area contributed by atoms with Crippen molar-refractivity contribution >= 4 is 22.8 Å². The van der Waals surface area contributed by atoms with Crippen molar-refractivity contribution in [2.24, 2.45) is 0 Å². The van der Waals surface area contributed by atoms with Crippen LogP contribution in [0.25, 0.3) is 22.0 Å². The fourth-order valence-corrected chi connectivity index (χ4v) is 3.58. The Morgan fingerprint density at radius 2 is 1.79 bits per heavy atom. The molecule has 1 N–H and O–H groups in total. The van der Waals surface area contributed by atoms with E-state index in [1.807, 2.05) is 44.4 Å². The van der Waals surface area contributed by atoms with Crippen LogP contribution in [0.1, 0.15) is 16.1 Å². The molecule has 33 heavy (non-hydrogen) atoms. The summed E-state index contributed by atoms with van der Waals surface area (Å²) in [6.07, 6.45) is 5.12. The molecule has 0 unspecified atom stereocenters. The van der Waals surface area contributed by atoms with Crippen molar-refractivity contribution in [2.45, 2.75) is 13.0 Å². The van der Waals surface area contributed by atoms with Crippen LogP contribution in [0.3, 0.4) is 0 Å². The lowest BCUT2D eigenvalue weighted by atomic mass is 10.1. The van der Waals surface area contributed by atoms with Gasteiger partial charge in [0.1, 0.15) is 0 Å². The number of methoxy groups -OCH3 is 1. The lowest BCUT2D eigenvalue weighted by molar-refractivity contribution is 0.0591. The third-order valence-electron chi connectivity index (χ3n) is 5.32. The molecule has 9 heteroatoms. The van der Waals surface area contributed by atoms with Gasteiger partial charge in [0.25, 0.3) is 5.56 Å². The van der Waals surface area contributed by atoms with E-state index in [1.165, 1.54) is 19.4 Å². The summed E-state index contributed by atoms with van der Waals surface area (Å²) in [5.41, 5.74) is 1.78. The average Bonchev–Trinajstić information content (AvgIpc) is 2.83. The average molecular weight is 445 g/mol. The number of pyridine rings is 2. The summed E-state index contributed by atoms with van der Waals surface area (Å²) < 4.78 is 6.27. The molecule has 0 aliphatic rings. The standard InChI is InChI=1S/C24H23N5O4/c1-28(2)24-26-12-16(13-27-24)17-11-18-19(14-25-20(21(18)30)23(32)33-3)29(22(17)31)10-9-15-7-5-4-6-8-15/h4-8,11-14,30H,9-10H2,1-3H3. The van der Waals surface area contributed by atoms with Gasteiger partial charge in [-0.05, 0) is 18.1 Å². The zero-order chi connectivity index (χ0) is 23.5. The Labute approximate surface area is 189 Å². The number of esters is 1. The first-order valence-corrected chi connectivity index (χ1v) is 10.3. The number of carbonyl (C=O) groups is 1. The fraction of sp³-hybridized carbons (Fsp3) is 0.208. The van der Waals surface area contributed by atoms with Crippen molar-refractivity contribution in [3.8, 4) is 16.9 Å². The Hall–Kier alpha value is -4.27. The van der Waals surface area contributed by atoms with E-state index in [4.69, 9.17) is 4.74 Å². The highest BCUT2D eigenvalue weighted by Gasteiger charge is 2.21. The summed E-state index contributed by atoms with van der Waals surface area (Å²) in [6, 6.07) is 11.3. The molecule has 0 aliphatic carbocycles. The highest BCUT2D eigenvalue weighted by Crippen LogP contribution is 2.30. The largest absolute Gasteiger partial charge is 0.505 e. The van der Waals surface area contributed by atoms with Crippen LogP contribution >= 0.6 is 0 Å². The minimum atomic E-state index is -0.767. The SMILES string of the molecule is COC(=O)c1ncc2c(cc(-c3cnc(N(C)C)nc3)c(=O)n2CCc2ccccc2)c1O. The number of benzene rings is 1. The molecule has 4 rings (SSSR count). The minimum Gasteiger partial charge on any atom is -0.505 e. The Morgan fingerprint density at radius 1 is 1.09 bits per heavy atom. The number of aromatic nitrogens is 4. The van der Waals surface area contributed by atoms with E-state index in [2.05, 4.69) is 15.0 Å². The number of rotatable bonds is 6. The van der Waals surface area contributed by atoms with E-state index in [0.717, 1.165) is 5.56 Å². The van der Waals surface area contributed by atoms with E-state index in [9.17, 15) is 14.7 Å². The molecule has 168 valence electrons. The van der Waals surface area contributed by atoms with Crippen molar-refractivity contribution in [3.05, 3.63) is 76.6 Å². The maximum atomic E-state index is 13.5. The molecule has 0 spiro atoms. The normalized spacial score (nSPS) is 10.9. The topological polar surface area (TPSA) is 110 Å². The molecule has 3 aromatic heterocycles. The number of hydrogen-bond acceptors (Lipinski definition) is 8. The van der Waals surface area contributed by atoms with Gasteiger partial charge in [0.15, 0.2) is 11.4 Å². The van der Waals surface area contributed by atoms with Crippen LogP contribution in [0.5, 0.6) is 5.75 Å². The molecular weight excluding hydrogens is 422 g/mol. The summed E-state index contributed by atoms with van der Waals surface area (Å²) in [7, 11) is 4.85. The van der Waals surface area contributed by atoms with Crippen LogP contribution in [0.15, 0.2) is 59.8 Å². The number of nitrogens with zero attached hydrogens (tertiary/aromatic N) is 5. The maximum absolute atomic E-state index is 13.5. The number of aromatic hydroxyl groups is 1. The Balaban J connectivity index is 1.91. The molecule has 0 bridgehead atoms. The number of fused-ring (bicyclic) bond motifs is 1. The molecule has 0 aliphatic heterocycles. The molecule has 3 heterocycles. The highest BCUT2D eigenvalue weighted by atomic mass is 16.5. The number of ether oxygens (including phenoxy) is 1. The van der Waals surface area contributed by atoms with Crippen LogP contribution in [0.2, 0.25) is 0 Å². The summed E-state index contributed by atoms with van der Waals surface area (Å²) >= 11 is 0. The van der Waals surface area contributed by atoms with Gasteiger partial charge in [-0.1, -0.05) is 30.3 Å². The van der Waals surface area contributed by atoms with Crippen molar-refractivity contribution in [3.63, 3.8) is 0 Å². The van der Waals surface area contributed by atoms with E-state index in [0.29, 0.717) is 40.9 Å². The van der Waals surface area contributed by atoms with E-state index in [-0.39, 0.29) is 17.0 Å². The second-order valence-corrected chi connectivity index (χ2v) is 7.66. The van der Waals surface area contributed by atoms with Crippen LogP contribution < -0.4 is 10.5 Å². The number of carbonyl (C=O) groups excluding carboxylic acids is 1. The molecule has 0 radical (unpaired) electrons. The van der Waals surface area contributed by atoms with Gasteiger partial charge in [0.2, 0.25) is 5.95 Å². The van der Waals surface area contributed by atoms with Gasteiger partial charge in [0.05, 0.1) is 24.4 Å². The Morgan fingerprint density at radius 3 is 2.42 bits per heavy atom. The van der Waals surface area contributed by atoms with E-state index < -0.39 is 5.97 Å². The number of aryl methyl sites for hydroxylation is 2. The summed E-state index contributed by atoms with van der Waals surface area (Å²) in [6.45, 7) is 0.350. The molecule has 0 saturated carbocycles. The van der Waals surface area contributed by atoms with Crippen LogP contribution in [0, 0.1) is 0 Å². The quantitative estimate of drug-likeness (QED) is 0.451. The third kappa shape index (κ3) is 4.25. The number of hydrogen-bond donors (Lipinski definition) is 1. The zero-order valence-electron chi connectivity index (χ0n) is 18.5. The van der Waals surface area contributed by atoms with Gasteiger partial charge in [-0.3, -0.25) is 4.79 Å². The molecule has 0 fully saturated rings. The zero-order valence-corrected chi connectivity index (χ0v) is 18.5. The van der Waals surface area contributed by atoms with Crippen molar-refractivity contribution < 1.29 is 14.6 Å². The first-order chi connectivity index (χ1) is 15.9. The summed E-state index contributed by atoms with van der Waals surface area (Å²) in [5.74, 6) is -0.611. The maximum Gasteiger partial charge on any atom is 0.360 e. The first-order valence-electron chi connectivity index (χ1n) is 10.3. The second-order valence-electron chi connectivity index (χ2n) is 7.66. The fourth-order valence-electron chi connectivity index (χ4n) is 3.58. The smallest absolute Gasteiger partial charge is 0.360 e. The predicted molar refractivity (Wildman–Crippen MR) is 125 cm³/mol. The van der Waals surface area contributed by atoms with Gasteiger partial charge in [0, 0.05) is 44.0 Å². The monoisotopic (exact) mass is 445 g/mol. The van der Waals surface area contributed by atoms with Crippen LogP contribution in [-0.4, -0.2) is 51.8 Å². The van der Waals surface area contributed by atoms with Gasteiger partial charge in [-0.15, -0.1) is 0 Å². The summed E-state index contributed by atoms with van der Waals surface area (Å²) in [5, 5.41) is 11.1. The van der Waals surface area contributed by atoms with Gasteiger partial charge >= 0.3 is 5.97 Å². The lowest BCUT2D eigenvalue weighted by Gasteiger charge is -2.15. The number of anilines is 1. The first kappa shape index (κ1) is 21.9. The highest BCUT2D eigenvalue weighted by molar-refractivity contribution is 5.99. The van der Waals surface area contributed by atoms with Crippen LogP contribution in [0.4, 0.5) is 5.95 Å². The lowest BCUT2D eigenvalue weighted by Crippen LogP contribution is -2.24. The van der Waals surface area contributed by atoms with Crippen LogP contribution in [-0.2, 0) is 17.7 Å². The van der Waals surface area contributed by atoms with Gasteiger partial charge in [-0.25, -0.2) is 19.7 Å². The van der Waals surface area contributed by atoms with Crippen molar-refractivity contribution in [1.29, 1.82) is 0 Å². The molecule has 0 saturated heterocycles. The molecule has 0 amide bonds. The minimum absolute atomic E-state index is 0.219. The molecule has 9 nitrogen and oxygen atoms in total. The Kier molecular flexibility index (Phi) is 6.03. The molecular formula is C24H23N5O4. The third-order valence-corrected chi connectivity index (χ3v) is 5.32. The van der Waals surface area contributed by atoms with Crippen molar-refractivity contribution in [2.75, 3.05) is 26.1 Å². The van der Waals surface area contributed by atoms with Gasteiger partial charge < -0.3 is 19.3 Å². The molecule has 1 aromatic carbocycles. The summed E-state index contributed by atoms with van der Waals surface area (Å²) in [4.78, 5) is 40.0. The Bertz CT molecular complexity index is 1370. The van der Waals surface area contributed by atoms with Crippen molar-refractivity contribution in [1.82, 2.24) is 19.5 Å². The predicted octanol–water partition coefficient (Wildman–Crippen LogP) is 2.65. The molecule has 4 aromatic rings. The molecule has 0 atom stereocenters. The van der Waals surface area contributed by atoms with E-state index in [1.54, 1.807) is 21.9 Å². The van der Waals surface area contributed by atoms with Gasteiger partial charge in [-0.2, -0.15) is 0 Å². The second kappa shape index (κ2) is 9.07. The van der Waals surface area contributed by atoms with E-state index >= 15 is 0 Å².